The van der Waals surface area contributed by atoms with Gasteiger partial charge in [0.2, 0.25) is 0 Å². The highest BCUT2D eigenvalue weighted by molar-refractivity contribution is 4.92. The predicted octanol–water partition coefficient (Wildman–Crippen LogP) is 1.85. The minimum absolute atomic E-state index is 0.0356. The number of ether oxygens (including phenoxy) is 1. The SMILES string of the molecule is CC(CO)(CCOCCC(F)(F)F)NC1CC1. The van der Waals surface area contributed by atoms with Crippen LogP contribution in [0.3, 0.4) is 0 Å². The summed E-state index contributed by atoms with van der Waals surface area (Å²) in [6.07, 6.45) is -2.36. The third-order valence-electron chi connectivity index (χ3n) is 2.81. The fourth-order valence-corrected chi connectivity index (χ4v) is 1.50. The van der Waals surface area contributed by atoms with E-state index in [1.165, 1.54) is 0 Å². The smallest absolute Gasteiger partial charge is 0.391 e. The molecule has 0 aromatic heterocycles. The zero-order chi connectivity index (χ0) is 12.9. The second-order valence-corrected chi connectivity index (χ2v) is 4.86. The molecule has 0 spiro atoms. The number of hydrogen-bond donors (Lipinski definition) is 2. The van der Waals surface area contributed by atoms with E-state index in [2.05, 4.69) is 5.32 Å². The van der Waals surface area contributed by atoms with Crippen molar-refractivity contribution in [2.45, 2.75) is 50.4 Å². The monoisotopic (exact) mass is 255 g/mol. The summed E-state index contributed by atoms with van der Waals surface area (Å²) in [7, 11) is 0. The van der Waals surface area contributed by atoms with Gasteiger partial charge in [-0.1, -0.05) is 0 Å². The molecule has 0 heterocycles. The summed E-state index contributed by atoms with van der Waals surface area (Å²) < 4.78 is 40.4. The van der Waals surface area contributed by atoms with Crippen molar-refractivity contribution in [3.05, 3.63) is 0 Å². The highest BCUT2D eigenvalue weighted by atomic mass is 19.4. The molecule has 0 bridgehead atoms. The van der Waals surface area contributed by atoms with Crippen LogP contribution >= 0.6 is 0 Å². The zero-order valence-electron chi connectivity index (χ0n) is 10.0. The third kappa shape index (κ3) is 6.85. The van der Waals surface area contributed by atoms with Crippen molar-refractivity contribution in [3.63, 3.8) is 0 Å². The molecule has 3 nitrogen and oxygen atoms in total. The molecule has 2 N–H and O–H groups in total. The van der Waals surface area contributed by atoms with Gasteiger partial charge < -0.3 is 15.2 Å². The van der Waals surface area contributed by atoms with Crippen LogP contribution in [0.4, 0.5) is 13.2 Å². The summed E-state index contributed by atoms with van der Waals surface area (Å²) in [6, 6.07) is 0.447. The van der Waals surface area contributed by atoms with Crippen LogP contribution in [0.5, 0.6) is 0 Å². The Balaban J connectivity index is 2.10. The molecule has 1 aliphatic carbocycles. The van der Waals surface area contributed by atoms with Gasteiger partial charge >= 0.3 is 6.18 Å². The number of alkyl halides is 3. The van der Waals surface area contributed by atoms with Gasteiger partial charge in [-0.3, -0.25) is 0 Å². The Kier molecular flexibility index (Phi) is 5.22. The number of nitrogens with one attached hydrogen (secondary N) is 1. The molecule has 102 valence electrons. The van der Waals surface area contributed by atoms with Crippen LogP contribution in [-0.4, -0.2) is 42.7 Å². The third-order valence-corrected chi connectivity index (χ3v) is 2.81. The Morgan fingerprint density at radius 2 is 1.82 bits per heavy atom. The molecule has 0 aliphatic heterocycles. The van der Waals surface area contributed by atoms with Gasteiger partial charge in [-0.05, 0) is 26.2 Å². The first kappa shape index (κ1) is 14.7. The lowest BCUT2D eigenvalue weighted by Crippen LogP contribution is -2.47. The van der Waals surface area contributed by atoms with Gasteiger partial charge in [-0.15, -0.1) is 0 Å². The summed E-state index contributed by atoms with van der Waals surface area (Å²) in [6.45, 7) is 1.74. The molecular weight excluding hydrogens is 235 g/mol. The van der Waals surface area contributed by atoms with Crippen molar-refractivity contribution in [2.75, 3.05) is 19.8 Å². The Hall–Kier alpha value is -0.330. The lowest BCUT2D eigenvalue weighted by atomic mass is 9.99. The van der Waals surface area contributed by atoms with Crippen molar-refractivity contribution in [1.29, 1.82) is 0 Å². The molecule has 1 rings (SSSR count). The number of hydrogen-bond acceptors (Lipinski definition) is 3. The van der Waals surface area contributed by atoms with E-state index in [1.54, 1.807) is 0 Å². The van der Waals surface area contributed by atoms with Crippen molar-refractivity contribution >= 4 is 0 Å². The number of halogens is 3. The van der Waals surface area contributed by atoms with Crippen LogP contribution < -0.4 is 5.32 Å². The van der Waals surface area contributed by atoms with E-state index in [-0.39, 0.29) is 19.8 Å². The predicted molar refractivity (Wildman–Crippen MR) is 57.8 cm³/mol. The van der Waals surface area contributed by atoms with Crippen molar-refractivity contribution in [2.24, 2.45) is 0 Å². The Labute approximate surface area is 99.3 Å². The molecule has 0 amide bonds. The van der Waals surface area contributed by atoms with Gasteiger partial charge in [0.05, 0.1) is 19.6 Å². The summed E-state index contributed by atoms with van der Waals surface area (Å²) in [5.74, 6) is 0. The molecule has 0 aromatic rings. The maximum Gasteiger partial charge on any atom is 0.391 e. The summed E-state index contributed by atoms with van der Waals surface area (Å²) in [4.78, 5) is 0. The summed E-state index contributed by atoms with van der Waals surface area (Å²) in [5, 5.41) is 12.5. The van der Waals surface area contributed by atoms with Crippen LogP contribution in [0.15, 0.2) is 0 Å². The Morgan fingerprint density at radius 3 is 2.29 bits per heavy atom. The average Bonchev–Trinajstić information content (AvgIpc) is 2.99. The fraction of sp³-hybridized carbons (Fsp3) is 1.00. The average molecular weight is 255 g/mol. The van der Waals surface area contributed by atoms with E-state index in [9.17, 15) is 18.3 Å². The number of aliphatic hydroxyl groups is 1. The van der Waals surface area contributed by atoms with E-state index < -0.39 is 18.1 Å². The minimum Gasteiger partial charge on any atom is -0.394 e. The van der Waals surface area contributed by atoms with Gasteiger partial charge in [0.1, 0.15) is 0 Å². The first-order valence-electron chi connectivity index (χ1n) is 5.88. The minimum atomic E-state index is -4.16. The van der Waals surface area contributed by atoms with Gasteiger partial charge in [0.15, 0.2) is 0 Å². The Morgan fingerprint density at radius 1 is 1.24 bits per heavy atom. The quantitative estimate of drug-likeness (QED) is 0.650. The van der Waals surface area contributed by atoms with Gasteiger partial charge in [-0.25, -0.2) is 0 Å². The van der Waals surface area contributed by atoms with Crippen molar-refractivity contribution in [3.8, 4) is 0 Å². The maximum absolute atomic E-state index is 11.8. The molecule has 1 fully saturated rings. The molecule has 0 radical (unpaired) electrons. The first-order chi connectivity index (χ1) is 7.85. The highest BCUT2D eigenvalue weighted by Crippen LogP contribution is 2.24. The van der Waals surface area contributed by atoms with Crippen molar-refractivity contribution in [1.82, 2.24) is 5.32 Å². The molecule has 1 aliphatic rings. The van der Waals surface area contributed by atoms with Gasteiger partial charge in [0.25, 0.3) is 0 Å². The summed E-state index contributed by atoms with van der Waals surface area (Å²) >= 11 is 0. The molecule has 0 saturated heterocycles. The number of rotatable bonds is 8. The van der Waals surface area contributed by atoms with Gasteiger partial charge in [-0.2, -0.15) is 13.2 Å². The normalized spacial score (nSPS) is 20.3. The molecule has 0 aromatic carbocycles. The van der Waals surface area contributed by atoms with E-state index in [0.717, 1.165) is 12.8 Å². The lowest BCUT2D eigenvalue weighted by molar-refractivity contribution is -0.145. The molecule has 1 unspecified atom stereocenters. The fourth-order valence-electron chi connectivity index (χ4n) is 1.50. The van der Waals surface area contributed by atoms with E-state index in [0.29, 0.717) is 12.5 Å². The molecule has 6 heteroatoms. The van der Waals surface area contributed by atoms with Gasteiger partial charge in [0, 0.05) is 18.2 Å². The molecule has 1 saturated carbocycles. The van der Waals surface area contributed by atoms with Crippen LogP contribution in [0.25, 0.3) is 0 Å². The standard InChI is InChI=1S/C11H20F3NO2/c1-10(8-16,15-9-2-3-9)4-6-17-7-5-11(12,13)14/h9,15-16H,2-8H2,1H3. The van der Waals surface area contributed by atoms with Crippen LogP contribution in [0, 0.1) is 0 Å². The van der Waals surface area contributed by atoms with Crippen LogP contribution in [0.1, 0.15) is 32.6 Å². The van der Waals surface area contributed by atoms with Crippen LogP contribution in [-0.2, 0) is 4.74 Å². The second-order valence-electron chi connectivity index (χ2n) is 4.86. The maximum atomic E-state index is 11.8. The highest BCUT2D eigenvalue weighted by Gasteiger charge is 2.32. The molecule has 1 atom stereocenters. The van der Waals surface area contributed by atoms with Crippen molar-refractivity contribution < 1.29 is 23.0 Å². The zero-order valence-corrected chi connectivity index (χ0v) is 10.0. The second kappa shape index (κ2) is 6.02. The molecular formula is C11H20F3NO2. The Bertz CT molecular complexity index is 231. The summed E-state index contributed by atoms with van der Waals surface area (Å²) in [5.41, 5.74) is -0.445. The van der Waals surface area contributed by atoms with E-state index >= 15 is 0 Å². The topological polar surface area (TPSA) is 41.5 Å². The van der Waals surface area contributed by atoms with Crippen LogP contribution in [0.2, 0.25) is 0 Å². The van der Waals surface area contributed by atoms with E-state index in [1.807, 2.05) is 6.92 Å². The van der Waals surface area contributed by atoms with E-state index in [4.69, 9.17) is 4.74 Å². The first-order valence-corrected chi connectivity index (χ1v) is 5.88. The lowest BCUT2D eigenvalue weighted by Gasteiger charge is -2.28. The molecule has 17 heavy (non-hydrogen) atoms. The largest absolute Gasteiger partial charge is 0.394 e. The number of aliphatic hydroxyl groups excluding tert-OH is 1.